The third kappa shape index (κ3) is 6.57. The van der Waals surface area contributed by atoms with Crippen LogP contribution in [0.15, 0.2) is 73.3 Å². The Hall–Kier alpha value is -3.74. The number of fused-ring (bicyclic) bond motifs is 1. The van der Waals surface area contributed by atoms with Crippen LogP contribution in [0.2, 0.25) is 0 Å². The molecule has 1 nitrogen and oxygen atoms in total. The highest BCUT2D eigenvalue weighted by Gasteiger charge is 2.14. The summed E-state index contributed by atoms with van der Waals surface area (Å²) in [6, 6.07) is 15.0. The van der Waals surface area contributed by atoms with Crippen LogP contribution in [-0.2, 0) is 32.1 Å². The summed E-state index contributed by atoms with van der Waals surface area (Å²) >= 11 is 0. The summed E-state index contributed by atoms with van der Waals surface area (Å²) in [4.78, 5) is 0. The van der Waals surface area contributed by atoms with E-state index < -0.39 is 35.6 Å². The highest BCUT2D eigenvalue weighted by atomic mass is 19.3. The van der Waals surface area contributed by atoms with E-state index in [-0.39, 0.29) is 18.4 Å². The highest BCUT2D eigenvalue weighted by molar-refractivity contribution is 5.84. The standard InChI is InChI=1S/C31H26F6O/c1-2-3-4-21-17-26(32)25(27(33)18-21)13-7-19-6-12-24-23(15-19)11-10-22(30(24)35)9-5-20-8-14-29(28(34)16-20)38-31(36)37/h2,6,8,10-12,14-18,31H,1,3-5,7,9,13H2. The van der Waals surface area contributed by atoms with Crippen molar-refractivity contribution in [1.29, 1.82) is 0 Å². The zero-order chi connectivity index (χ0) is 27.2. The minimum Gasteiger partial charge on any atom is -0.432 e. The van der Waals surface area contributed by atoms with Crippen LogP contribution in [0.3, 0.4) is 0 Å². The zero-order valence-corrected chi connectivity index (χ0v) is 20.6. The Morgan fingerprint density at radius 3 is 2.03 bits per heavy atom. The number of hydrogen-bond acceptors (Lipinski definition) is 1. The first-order chi connectivity index (χ1) is 18.2. The van der Waals surface area contributed by atoms with Gasteiger partial charge in [-0.05, 0) is 90.4 Å². The van der Waals surface area contributed by atoms with E-state index in [0.29, 0.717) is 53.1 Å². The summed E-state index contributed by atoms with van der Waals surface area (Å²) in [7, 11) is 0. The van der Waals surface area contributed by atoms with E-state index in [9.17, 15) is 22.0 Å². The normalized spacial score (nSPS) is 11.3. The maximum absolute atomic E-state index is 15.2. The number of alkyl halides is 2. The predicted molar refractivity (Wildman–Crippen MR) is 137 cm³/mol. The lowest BCUT2D eigenvalue weighted by atomic mass is 9.96. The molecular formula is C31H26F6O. The number of aryl methyl sites for hydroxylation is 4. The molecule has 38 heavy (non-hydrogen) atoms. The second kappa shape index (κ2) is 12.2. The summed E-state index contributed by atoms with van der Waals surface area (Å²) in [5.74, 6) is -2.99. The number of ether oxygens (including phenoxy) is 1. The average Bonchev–Trinajstić information content (AvgIpc) is 2.88. The van der Waals surface area contributed by atoms with E-state index >= 15 is 4.39 Å². The largest absolute Gasteiger partial charge is 0.432 e. The van der Waals surface area contributed by atoms with Crippen molar-refractivity contribution in [2.24, 2.45) is 0 Å². The van der Waals surface area contributed by atoms with Gasteiger partial charge in [-0.15, -0.1) is 6.58 Å². The summed E-state index contributed by atoms with van der Waals surface area (Å²) in [5.41, 5.74) is 2.38. The van der Waals surface area contributed by atoms with Crippen LogP contribution in [0.4, 0.5) is 26.3 Å². The minimum absolute atomic E-state index is 0.0271. The predicted octanol–water partition coefficient (Wildman–Crippen LogP) is 8.69. The van der Waals surface area contributed by atoms with Crippen LogP contribution in [0.5, 0.6) is 5.75 Å². The Morgan fingerprint density at radius 2 is 1.34 bits per heavy atom. The number of allylic oxidation sites excluding steroid dienone is 1. The monoisotopic (exact) mass is 528 g/mol. The van der Waals surface area contributed by atoms with Crippen molar-refractivity contribution in [3.63, 3.8) is 0 Å². The summed E-state index contributed by atoms with van der Waals surface area (Å²) < 4.78 is 86.9. The van der Waals surface area contributed by atoms with Gasteiger partial charge in [0.1, 0.15) is 17.5 Å². The molecule has 0 bridgehead atoms. The third-order valence-corrected chi connectivity index (χ3v) is 6.50. The van der Waals surface area contributed by atoms with E-state index in [1.165, 1.54) is 18.2 Å². The molecule has 0 N–H and O–H groups in total. The highest BCUT2D eigenvalue weighted by Crippen LogP contribution is 2.26. The lowest BCUT2D eigenvalue weighted by Crippen LogP contribution is -2.04. The fourth-order valence-corrected chi connectivity index (χ4v) is 4.48. The molecule has 0 aliphatic rings. The molecule has 7 heteroatoms. The van der Waals surface area contributed by atoms with Gasteiger partial charge in [-0.2, -0.15) is 8.78 Å². The lowest BCUT2D eigenvalue weighted by molar-refractivity contribution is -0.0522. The van der Waals surface area contributed by atoms with Crippen molar-refractivity contribution in [3.8, 4) is 5.75 Å². The number of hydrogen-bond donors (Lipinski definition) is 0. The van der Waals surface area contributed by atoms with Gasteiger partial charge in [-0.25, -0.2) is 17.6 Å². The summed E-state index contributed by atoms with van der Waals surface area (Å²) in [5, 5.41) is 1.06. The maximum Gasteiger partial charge on any atom is 0.387 e. The van der Waals surface area contributed by atoms with Gasteiger partial charge in [0, 0.05) is 10.9 Å². The van der Waals surface area contributed by atoms with Crippen LogP contribution in [0.25, 0.3) is 10.8 Å². The molecule has 0 spiro atoms. The molecule has 4 aromatic carbocycles. The molecule has 0 aliphatic heterocycles. The van der Waals surface area contributed by atoms with Crippen molar-refractivity contribution in [2.45, 2.75) is 45.1 Å². The van der Waals surface area contributed by atoms with E-state index in [0.717, 1.165) is 17.7 Å². The van der Waals surface area contributed by atoms with Crippen LogP contribution < -0.4 is 4.74 Å². The molecule has 198 valence electrons. The molecule has 0 heterocycles. The second-order valence-electron chi connectivity index (χ2n) is 9.10. The van der Waals surface area contributed by atoms with Gasteiger partial charge in [-0.3, -0.25) is 0 Å². The smallest absolute Gasteiger partial charge is 0.387 e. The molecule has 0 saturated heterocycles. The molecule has 0 atom stereocenters. The first-order valence-electron chi connectivity index (χ1n) is 12.3. The van der Waals surface area contributed by atoms with E-state index in [4.69, 9.17) is 0 Å². The SMILES string of the molecule is C=CCCc1cc(F)c(CCc2ccc3c(F)c(CCc4ccc(OC(F)F)c(F)c4)ccc3c2)c(F)c1. The maximum atomic E-state index is 15.2. The molecule has 0 unspecified atom stereocenters. The number of benzene rings is 4. The lowest BCUT2D eigenvalue weighted by Gasteiger charge is -2.11. The van der Waals surface area contributed by atoms with Gasteiger partial charge in [0.2, 0.25) is 0 Å². The molecule has 0 aliphatic carbocycles. The Kier molecular flexibility index (Phi) is 8.77. The van der Waals surface area contributed by atoms with Crippen molar-refractivity contribution in [2.75, 3.05) is 0 Å². The third-order valence-electron chi connectivity index (χ3n) is 6.50. The van der Waals surface area contributed by atoms with E-state index in [1.54, 1.807) is 36.4 Å². The molecule has 0 radical (unpaired) electrons. The molecule has 4 aromatic rings. The van der Waals surface area contributed by atoms with Crippen molar-refractivity contribution >= 4 is 10.8 Å². The van der Waals surface area contributed by atoms with Gasteiger partial charge >= 0.3 is 6.61 Å². The Balaban J connectivity index is 1.43. The molecular weight excluding hydrogens is 502 g/mol. The minimum atomic E-state index is -3.12. The van der Waals surface area contributed by atoms with Gasteiger partial charge in [0.05, 0.1) is 0 Å². The first kappa shape index (κ1) is 27.3. The van der Waals surface area contributed by atoms with Gasteiger partial charge in [0.25, 0.3) is 0 Å². The van der Waals surface area contributed by atoms with Crippen LogP contribution in [0.1, 0.15) is 34.2 Å². The fourth-order valence-electron chi connectivity index (χ4n) is 4.48. The summed E-state index contributed by atoms with van der Waals surface area (Å²) in [6.45, 7) is 0.499. The van der Waals surface area contributed by atoms with Crippen molar-refractivity contribution in [1.82, 2.24) is 0 Å². The fraction of sp³-hybridized carbons (Fsp3) is 0.226. The number of rotatable bonds is 11. The van der Waals surface area contributed by atoms with E-state index in [1.807, 2.05) is 0 Å². The average molecular weight is 529 g/mol. The van der Waals surface area contributed by atoms with Gasteiger partial charge < -0.3 is 4.74 Å². The van der Waals surface area contributed by atoms with E-state index in [2.05, 4.69) is 11.3 Å². The van der Waals surface area contributed by atoms with Crippen LogP contribution in [-0.4, -0.2) is 6.61 Å². The Labute approximate surface area is 217 Å². The number of halogens is 6. The second-order valence-corrected chi connectivity index (χ2v) is 9.10. The first-order valence-corrected chi connectivity index (χ1v) is 12.3. The Morgan fingerprint density at radius 1 is 0.684 bits per heavy atom. The molecule has 0 aromatic heterocycles. The summed E-state index contributed by atoms with van der Waals surface area (Å²) in [6.07, 6.45) is 3.99. The molecule has 4 rings (SSSR count). The Bertz CT molecular complexity index is 1420. The molecule has 0 fully saturated rings. The topological polar surface area (TPSA) is 9.23 Å². The van der Waals surface area contributed by atoms with Gasteiger partial charge in [-0.1, -0.05) is 42.5 Å². The quantitative estimate of drug-likeness (QED) is 0.140. The zero-order valence-electron chi connectivity index (χ0n) is 20.6. The van der Waals surface area contributed by atoms with Crippen LogP contribution >= 0.6 is 0 Å². The molecule has 0 amide bonds. The van der Waals surface area contributed by atoms with Crippen molar-refractivity contribution < 1.29 is 31.1 Å². The molecule has 0 saturated carbocycles. The van der Waals surface area contributed by atoms with Crippen molar-refractivity contribution in [3.05, 3.63) is 124 Å². The van der Waals surface area contributed by atoms with Crippen LogP contribution in [0, 0.1) is 23.3 Å². The van der Waals surface area contributed by atoms with Gasteiger partial charge in [0.15, 0.2) is 11.6 Å².